The Labute approximate surface area is 116 Å². The van der Waals surface area contributed by atoms with Crippen molar-refractivity contribution in [3.05, 3.63) is 11.8 Å². The predicted molar refractivity (Wildman–Crippen MR) is 81.8 cm³/mol. The summed E-state index contributed by atoms with van der Waals surface area (Å²) >= 11 is 0. The van der Waals surface area contributed by atoms with Crippen molar-refractivity contribution in [3.8, 4) is 0 Å². The molecule has 0 saturated carbocycles. The molecule has 5 nitrogen and oxygen atoms in total. The van der Waals surface area contributed by atoms with Crippen LogP contribution in [-0.4, -0.2) is 47.6 Å². The van der Waals surface area contributed by atoms with Gasteiger partial charge in [-0.15, -0.1) is 0 Å². The summed E-state index contributed by atoms with van der Waals surface area (Å²) in [4.78, 5) is 11.1. The Bertz CT molecular complexity index is 363. The number of rotatable bonds is 9. The van der Waals surface area contributed by atoms with E-state index in [0.29, 0.717) is 5.95 Å². The van der Waals surface area contributed by atoms with Gasteiger partial charge in [0.25, 0.3) is 0 Å². The number of nitrogens with one attached hydrogen (secondary N) is 2. The molecular formula is C14H27N5. The van der Waals surface area contributed by atoms with Crippen LogP contribution in [0.4, 0.5) is 11.8 Å². The van der Waals surface area contributed by atoms with Crippen LogP contribution in [0.15, 0.2) is 6.20 Å². The lowest BCUT2D eigenvalue weighted by molar-refractivity contribution is 0.303. The largest absolute Gasteiger partial charge is 0.370 e. The Morgan fingerprint density at radius 2 is 1.89 bits per heavy atom. The first-order valence-electron chi connectivity index (χ1n) is 7.24. The van der Waals surface area contributed by atoms with Gasteiger partial charge < -0.3 is 15.5 Å². The molecule has 0 spiro atoms. The fraction of sp³-hybridized carbons (Fsp3) is 0.714. The van der Waals surface area contributed by atoms with Crippen molar-refractivity contribution in [1.29, 1.82) is 0 Å². The zero-order chi connectivity index (χ0) is 14.1. The van der Waals surface area contributed by atoms with E-state index in [4.69, 9.17) is 0 Å². The van der Waals surface area contributed by atoms with Crippen LogP contribution < -0.4 is 10.6 Å². The summed E-state index contributed by atoms with van der Waals surface area (Å²) in [5.41, 5.74) is 1.09. The van der Waals surface area contributed by atoms with Gasteiger partial charge in [-0.1, -0.05) is 13.8 Å². The molecule has 0 aliphatic rings. The highest BCUT2D eigenvalue weighted by Gasteiger charge is 2.03. The second-order valence-corrected chi connectivity index (χ2v) is 4.56. The molecule has 1 aromatic heterocycles. The summed E-state index contributed by atoms with van der Waals surface area (Å²) in [6.07, 6.45) is 2.99. The van der Waals surface area contributed by atoms with E-state index in [-0.39, 0.29) is 0 Å². The third-order valence-corrected chi connectivity index (χ3v) is 3.14. The van der Waals surface area contributed by atoms with E-state index in [1.54, 1.807) is 0 Å². The second kappa shape index (κ2) is 8.69. The molecule has 0 bridgehead atoms. The van der Waals surface area contributed by atoms with Gasteiger partial charge in [-0.3, -0.25) is 0 Å². The average molecular weight is 265 g/mol. The van der Waals surface area contributed by atoms with Crippen LogP contribution in [0.1, 0.15) is 32.8 Å². The van der Waals surface area contributed by atoms with E-state index in [0.717, 1.165) is 50.5 Å². The molecular weight excluding hydrogens is 238 g/mol. The number of hydrogen-bond acceptors (Lipinski definition) is 5. The highest BCUT2D eigenvalue weighted by molar-refractivity contribution is 5.46. The highest BCUT2D eigenvalue weighted by atomic mass is 15.1. The Morgan fingerprint density at radius 1 is 1.16 bits per heavy atom. The zero-order valence-electron chi connectivity index (χ0n) is 12.7. The van der Waals surface area contributed by atoms with E-state index in [9.17, 15) is 0 Å². The molecule has 0 saturated heterocycles. The van der Waals surface area contributed by atoms with Crippen molar-refractivity contribution in [2.75, 3.05) is 43.4 Å². The molecule has 0 amide bonds. The van der Waals surface area contributed by atoms with E-state index in [2.05, 4.69) is 39.3 Å². The van der Waals surface area contributed by atoms with Gasteiger partial charge in [0, 0.05) is 24.8 Å². The lowest BCUT2D eigenvalue weighted by atomic mass is 10.3. The Hall–Kier alpha value is -1.36. The third-order valence-electron chi connectivity index (χ3n) is 3.14. The minimum absolute atomic E-state index is 0.694. The number of nitrogens with zero attached hydrogens (tertiary/aromatic N) is 3. The maximum Gasteiger partial charge on any atom is 0.224 e. The topological polar surface area (TPSA) is 53.1 Å². The molecule has 1 rings (SSSR count). The van der Waals surface area contributed by atoms with Crippen molar-refractivity contribution in [2.24, 2.45) is 0 Å². The first kappa shape index (κ1) is 15.7. The van der Waals surface area contributed by atoms with Crippen molar-refractivity contribution < 1.29 is 0 Å². The van der Waals surface area contributed by atoms with Crippen molar-refractivity contribution in [1.82, 2.24) is 14.9 Å². The fourth-order valence-electron chi connectivity index (χ4n) is 1.91. The molecule has 1 aromatic rings. The number of hydrogen-bond donors (Lipinski definition) is 2. The summed E-state index contributed by atoms with van der Waals surface area (Å²) < 4.78 is 0. The van der Waals surface area contributed by atoms with Gasteiger partial charge in [0.1, 0.15) is 5.82 Å². The molecule has 108 valence electrons. The van der Waals surface area contributed by atoms with Crippen LogP contribution >= 0.6 is 0 Å². The summed E-state index contributed by atoms with van der Waals surface area (Å²) in [6.45, 7) is 13.6. The van der Waals surface area contributed by atoms with Gasteiger partial charge >= 0.3 is 0 Å². The van der Waals surface area contributed by atoms with Crippen LogP contribution in [0.25, 0.3) is 0 Å². The molecule has 19 heavy (non-hydrogen) atoms. The second-order valence-electron chi connectivity index (χ2n) is 4.56. The number of aromatic nitrogens is 2. The van der Waals surface area contributed by atoms with Crippen LogP contribution in [-0.2, 0) is 0 Å². The normalized spacial score (nSPS) is 10.8. The third kappa shape index (κ3) is 5.42. The standard InChI is InChI=1S/C14H27N5/c1-5-15-14-17-11-12(4)13(18-14)16-9-8-10-19(6-2)7-3/h11H,5-10H2,1-4H3,(H2,15,16,17,18). The molecule has 0 aliphatic carbocycles. The molecule has 0 aliphatic heterocycles. The minimum atomic E-state index is 0.694. The summed E-state index contributed by atoms with van der Waals surface area (Å²) in [5.74, 6) is 1.63. The first-order valence-corrected chi connectivity index (χ1v) is 7.24. The van der Waals surface area contributed by atoms with Crippen molar-refractivity contribution in [3.63, 3.8) is 0 Å². The molecule has 0 radical (unpaired) electrons. The summed E-state index contributed by atoms with van der Waals surface area (Å²) in [5, 5.41) is 6.53. The SMILES string of the molecule is CCNc1ncc(C)c(NCCCN(CC)CC)n1. The van der Waals surface area contributed by atoms with E-state index in [1.165, 1.54) is 0 Å². The van der Waals surface area contributed by atoms with Gasteiger partial charge in [0.05, 0.1) is 0 Å². The van der Waals surface area contributed by atoms with E-state index in [1.807, 2.05) is 20.0 Å². The molecule has 0 aromatic carbocycles. The molecule has 1 heterocycles. The monoisotopic (exact) mass is 265 g/mol. The lowest BCUT2D eigenvalue weighted by Gasteiger charge is -2.18. The van der Waals surface area contributed by atoms with Crippen molar-refractivity contribution >= 4 is 11.8 Å². The van der Waals surface area contributed by atoms with Crippen LogP contribution in [0.3, 0.4) is 0 Å². The summed E-state index contributed by atoms with van der Waals surface area (Å²) in [6, 6.07) is 0. The maximum atomic E-state index is 4.47. The number of anilines is 2. The van der Waals surface area contributed by atoms with Crippen LogP contribution in [0.2, 0.25) is 0 Å². The van der Waals surface area contributed by atoms with E-state index < -0.39 is 0 Å². The van der Waals surface area contributed by atoms with Crippen molar-refractivity contribution in [2.45, 2.75) is 34.1 Å². The molecule has 0 atom stereocenters. The van der Waals surface area contributed by atoms with Gasteiger partial charge in [0.2, 0.25) is 5.95 Å². The minimum Gasteiger partial charge on any atom is -0.370 e. The Kier molecular flexibility index (Phi) is 7.18. The number of aryl methyl sites for hydroxylation is 1. The lowest BCUT2D eigenvalue weighted by Crippen LogP contribution is -2.25. The zero-order valence-corrected chi connectivity index (χ0v) is 12.7. The van der Waals surface area contributed by atoms with Gasteiger partial charge in [-0.05, 0) is 39.9 Å². The molecule has 0 fully saturated rings. The maximum absolute atomic E-state index is 4.47. The van der Waals surface area contributed by atoms with Gasteiger partial charge in [-0.25, -0.2) is 4.98 Å². The molecule has 2 N–H and O–H groups in total. The van der Waals surface area contributed by atoms with Gasteiger partial charge in [-0.2, -0.15) is 4.98 Å². The summed E-state index contributed by atoms with van der Waals surface area (Å²) in [7, 11) is 0. The highest BCUT2D eigenvalue weighted by Crippen LogP contribution is 2.12. The average Bonchev–Trinajstić information content (AvgIpc) is 2.42. The smallest absolute Gasteiger partial charge is 0.224 e. The molecule has 5 heteroatoms. The molecule has 0 unspecified atom stereocenters. The quantitative estimate of drug-likeness (QED) is 0.671. The van der Waals surface area contributed by atoms with Crippen LogP contribution in [0, 0.1) is 6.92 Å². The Balaban J connectivity index is 2.41. The fourth-order valence-corrected chi connectivity index (χ4v) is 1.91. The van der Waals surface area contributed by atoms with Gasteiger partial charge in [0.15, 0.2) is 0 Å². The predicted octanol–water partition coefficient (Wildman–Crippen LogP) is 2.36. The van der Waals surface area contributed by atoms with Crippen LogP contribution in [0.5, 0.6) is 0 Å². The van der Waals surface area contributed by atoms with E-state index >= 15 is 0 Å². The Morgan fingerprint density at radius 3 is 2.53 bits per heavy atom. The first-order chi connectivity index (χ1) is 9.21.